The second-order valence-electron chi connectivity index (χ2n) is 4.78. The molecule has 0 aliphatic heterocycles. The molecule has 0 saturated heterocycles. The Hall–Kier alpha value is -1.93. The van der Waals surface area contributed by atoms with Crippen LogP contribution in [0.3, 0.4) is 0 Å². The van der Waals surface area contributed by atoms with Crippen molar-refractivity contribution in [3.8, 4) is 11.5 Å². The second-order valence-corrected chi connectivity index (χ2v) is 7.48. The maximum atomic E-state index is 12.3. The van der Waals surface area contributed by atoms with Crippen LogP contribution < -0.4 is 0 Å². The van der Waals surface area contributed by atoms with Gasteiger partial charge in [-0.2, -0.15) is 0 Å². The number of hydrogen-bond donors (Lipinski definition) is 1. The number of hydrogen-bond acceptors (Lipinski definition) is 6. The summed E-state index contributed by atoms with van der Waals surface area (Å²) in [5.74, 6) is 0.501. The Balaban J connectivity index is 2.31. The number of aromatic nitrogens is 4. The number of thiol groups is 1. The highest BCUT2D eigenvalue weighted by atomic mass is 32.2. The molecule has 3 heterocycles. The van der Waals surface area contributed by atoms with E-state index in [2.05, 4.69) is 27.6 Å². The maximum Gasteiger partial charge on any atom is 0.180 e. The monoisotopic (exact) mass is 334 g/mol. The predicted molar refractivity (Wildman–Crippen MR) is 86.7 cm³/mol. The van der Waals surface area contributed by atoms with Crippen LogP contribution in [0.15, 0.2) is 40.5 Å². The molecule has 0 unspecified atom stereocenters. The lowest BCUT2D eigenvalue weighted by molar-refractivity contribution is 0.597. The molecule has 3 aromatic heterocycles. The molecular weight excluding hydrogens is 320 g/mol. The molecule has 22 heavy (non-hydrogen) atoms. The molecular formula is C14H14N4O2S2. The van der Waals surface area contributed by atoms with Crippen LogP contribution in [0.4, 0.5) is 0 Å². The van der Waals surface area contributed by atoms with Crippen LogP contribution in [-0.4, -0.2) is 33.7 Å². The summed E-state index contributed by atoms with van der Waals surface area (Å²) in [5, 5.41) is 0.555. The summed E-state index contributed by atoms with van der Waals surface area (Å²) in [4.78, 5) is 13.1. The number of aryl methyl sites for hydroxylation is 1. The largest absolute Gasteiger partial charge is 0.324 e. The Bertz CT molecular complexity index is 964. The smallest absolute Gasteiger partial charge is 0.180 e. The van der Waals surface area contributed by atoms with Gasteiger partial charge in [0.1, 0.15) is 5.69 Å². The van der Waals surface area contributed by atoms with Gasteiger partial charge in [0, 0.05) is 13.2 Å². The third-order valence-electron chi connectivity index (χ3n) is 3.45. The molecule has 0 saturated carbocycles. The summed E-state index contributed by atoms with van der Waals surface area (Å²) >= 11 is 4.20. The summed E-state index contributed by atoms with van der Waals surface area (Å²) in [7, 11) is -1.58. The van der Waals surface area contributed by atoms with E-state index < -0.39 is 9.84 Å². The average molecular weight is 334 g/mol. The summed E-state index contributed by atoms with van der Waals surface area (Å²) < 4.78 is 26.3. The highest BCUT2D eigenvalue weighted by Crippen LogP contribution is 2.28. The molecule has 0 atom stereocenters. The van der Waals surface area contributed by atoms with Gasteiger partial charge in [-0.1, -0.05) is 6.92 Å². The van der Waals surface area contributed by atoms with Crippen molar-refractivity contribution in [3.05, 3.63) is 30.6 Å². The zero-order valence-corrected chi connectivity index (χ0v) is 13.8. The lowest BCUT2D eigenvalue weighted by Crippen LogP contribution is -2.08. The average Bonchev–Trinajstić information content (AvgIpc) is 2.83. The van der Waals surface area contributed by atoms with E-state index in [1.54, 1.807) is 42.1 Å². The molecule has 0 aromatic carbocycles. The standard InChI is InChI=1S/C14H14N4O2S2/c1-3-22(19,20)11-5-4-6-15-13(11)14-17-9-7-12(21)16-8-10(9)18(14)2/h4-8H,3H2,1-2H3,(H,16,21). The third-order valence-corrected chi connectivity index (χ3v) is 5.45. The first-order valence-electron chi connectivity index (χ1n) is 6.63. The zero-order valence-electron chi connectivity index (χ0n) is 12.1. The van der Waals surface area contributed by atoms with E-state index in [4.69, 9.17) is 0 Å². The minimum absolute atomic E-state index is 0.0119. The van der Waals surface area contributed by atoms with Gasteiger partial charge in [0.05, 0.1) is 32.9 Å². The van der Waals surface area contributed by atoms with Crippen LogP contribution in [0.1, 0.15) is 6.92 Å². The lowest BCUT2D eigenvalue weighted by Gasteiger charge is -2.08. The van der Waals surface area contributed by atoms with Crippen molar-refractivity contribution in [1.29, 1.82) is 0 Å². The minimum Gasteiger partial charge on any atom is -0.324 e. The van der Waals surface area contributed by atoms with Crippen molar-refractivity contribution in [2.24, 2.45) is 7.05 Å². The number of rotatable bonds is 3. The lowest BCUT2D eigenvalue weighted by atomic mass is 10.3. The van der Waals surface area contributed by atoms with E-state index in [-0.39, 0.29) is 10.6 Å². The van der Waals surface area contributed by atoms with Gasteiger partial charge in [-0.3, -0.25) is 4.98 Å². The highest BCUT2D eigenvalue weighted by molar-refractivity contribution is 7.91. The Morgan fingerprint density at radius 1 is 1.32 bits per heavy atom. The number of pyridine rings is 2. The molecule has 0 spiro atoms. The van der Waals surface area contributed by atoms with Gasteiger partial charge >= 0.3 is 0 Å². The molecule has 0 aliphatic carbocycles. The van der Waals surface area contributed by atoms with E-state index in [1.807, 2.05) is 7.05 Å². The zero-order chi connectivity index (χ0) is 15.9. The molecule has 3 rings (SSSR count). The highest BCUT2D eigenvalue weighted by Gasteiger charge is 2.22. The minimum atomic E-state index is -3.39. The molecule has 8 heteroatoms. The summed E-state index contributed by atoms with van der Waals surface area (Å²) in [6.07, 6.45) is 3.22. The summed E-state index contributed by atoms with van der Waals surface area (Å²) in [6.45, 7) is 1.61. The van der Waals surface area contributed by atoms with E-state index in [1.165, 1.54) is 0 Å². The Morgan fingerprint density at radius 3 is 2.82 bits per heavy atom. The fourth-order valence-corrected chi connectivity index (χ4v) is 3.47. The third kappa shape index (κ3) is 2.38. The topological polar surface area (TPSA) is 77.7 Å². The van der Waals surface area contributed by atoms with Gasteiger partial charge in [0.2, 0.25) is 0 Å². The number of sulfone groups is 1. The van der Waals surface area contributed by atoms with Crippen molar-refractivity contribution < 1.29 is 8.42 Å². The fourth-order valence-electron chi connectivity index (χ4n) is 2.25. The van der Waals surface area contributed by atoms with Gasteiger partial charge in [0.25, 0.3) is 0 Å². The molecule has 114 valence electrons. The predicted octanol–water partition coefficient (Wildman–Crippen LogP) is 2.11. The molecule has 0 aliphatic rings. The van der Waals surface area contributed by atoms with E-state index >= 15 is 0 Å². The van der Waals surface area contributed by atoms with Crippen molar-refractivity contribution in [2.45, 2.75) is 16.8 Å². The number of imidazole rings is 1. The Labute approximate surface area is 133 Å². The quantitative estimate of drug-likeness (QED) is 0.742. The first-order valence-corrected chi connectivity index (χ1v) is 8.73. The number of nitrogens with zero attached hydrogens (tertiary/aromatic N) is 4. The van der Waals surface area contributed by atoms with E-state index in [9.17, 15) is 8.42 Å². The van der Waals surface area contributed by atoms with Gasteiger partial charge in [-0.25, -0.2) is 18.4 Å². The van der Waals surface area contributed by atoms with Gasteiger partial charge in [-0.15, -0.1) is 12.6 Å². The molecule has 0 bridgehead atoms. The van der Waals surface area contributed by atoms with Crippen molar-refractivity contribution in [3.63, 3.8) is 0 Å². The van der Waals surface area contributed by atoms with Crippen molar-refractivity contribution >= 4 is 33.5 Å². The van der Waals surface area contributed by atoms with Crippen LogP contribution in [0.5, 0.6) is 0 Å². The molecule has 6 nitrogen and oxygen atoms in total. The molecule has 0 fully saturated rings. The van der Waals surface area contributed by atoms with Gasteiger partial charge in [-0.05, 0) is 18.2 Å². The van der Waals surface area contributed by atoms with Crippen LogP contribution in [0.2, 0.25) is 0 Å². The normalized spacial score (nSPS) is 12.0. The van der Waals surface area contributed by atoms with E-state index in [0.29, 0.717) is 22.1 Å². The first kappa shape index (κ1) is 15.0. The first-order chi connectivity index (χ1) is 10.4. The summed E-state index contributed by atoms with van der Waals surface area (Å²) in [5.41, 5.74) is 1.84. The van der Waals surface area contributed by atoms with Crippen LogP contribution in [0.25, 0.3) is 22.6 Å². The molecule has 0 radical (unpaired) electrons. The molecule has 0 N–H and O–H groups in total. The van der Waals surface area contributed by atoms with Crippen molar-refractivity contribution in [1.82, 2.24) is 19.5 Å². The molecule has 3 aromatic rings. The maximum absolute atomic E-state index is 12.3. The molecule has 0 amide bonds. The van der Waals surface area contributed by atoms with Gasteiger partial charge in [0.15, 0.2) is 15.7 Å². The Kier molecular flexibility index (Phi) is 3.65. The van der Waals surface area contributed by atoms with Crippen LogP contribution in [-0.2, 0) is 16.9 Å². The SMILES string of the molecule is CCS(=O)(=O)c1cccnc1-c1nc2cc(S)ncc2n1C. The van der Waals surface area contributed by atoms with Crippen LogP contribution in [0, 0.1) is 0 Å². The van der Waals surface area contributed by atoms with Crippen molar-refractivity contribution in [2.75, 3.05) is 5.75 Å². The second kappa shape index (κ2) is 5.36. The Morgan fingerprint density at radius 2 is 2.09 bits per heavy atom. The fraction of sp³-hybridized carbons (Fsp3) is 0.214. The van der Waals surface area contributed by atoms with Crippen LogP contribution >= 0.6 is 12.6 Å². The van der Waals surface area contributed by atoms with Gasteiger partial charge < -0.3 is 4.57 Å². The summed E-state index contributed by atoms with van der Waals surface area (Å²) in [6, 6.07) is 4.91. The number of fused-ring (bicyclic) bond motifs is 1. The van der Waals surface area contributed by atoms with E-state index in [0.717, 1.165) is 5.52 Å².